The molecule has 0 radical (unpaired) electrons. The van der Waals surface area contributed by atoms with Crippen LogP contribution in [0.1, 0.15) is 32.4 Å². The first-order valence-electron chi connectivity index (χ1n) is 5.01. The van der Waals surface area contributed by atoms with Crippen LogP contribution in [-0.4, -0.2) is 10.9 Å². The van der Waals surface area contributed by atoms with Gasteiger partial charge in [0.15, 0.2) is 0 Å². The Morgan fingerprint density at radius 2 is 1.86 bits per heavy atom. The molecule has 0 aliphatic heterocycles. The molecule has 1 N–H and O–H groups in total. The number of benzene rings is 1. The zero-order chi connectivity index (χ0) is 10.6. The molecule has 0 fully saturated rings. The first kappa shape index (κ1) is 11.6. The average Bonchev–Trinajstić information content (AvgIpc) is 2.15. The van der Waals surface area contributed by atoms with Crippen LogP contribution in [0.4, 0.5) is 0 Å². The average molecular weight is 210 g/mol. The van der Waals surface area contributed by atoms with Gasteiger partial charge in [-0.25, -0.2) is 0 Å². The maximum Gasteiger partial charge on any atom is 0.0772 e. The van der Waals surface area contributed by atoms with Crippen molar-refractivity contribution >= 4 is 11.8 Å². The molecule has 0 amide bonds. The SMILES string of the molecule is CC(C)CSc1ccccc1[C@@H](C)O. The van der Waals surface area contributed by atoms with Crippen LogP contribution >= 0.6 is 11.8 Å². The van der Waals surface area contributed by atoms with Crippen LogP contribution in [0.25, 0.3) is 0 Å². The van der Waals surface area contributed by atoms with Crippen molar-refractivity contribution in [2.75, 3.05) is 5.75 Å². The van der Waals surface area contributed by atoms with Gasteiger partial charge < -0.3 is 5.11 Å². The molecule has 0 aliphatic carbocycles. The summed E-state index contributed by atoms with van der Waals surface area (Å²) in [5.41, 5.74) is 1.04. The topological polar surface area (TPSA) is 20.2 Å². The summed E-state index contributed by atoms with van der Waals surface area (Å²) in [6.45, 7) is 6.23. The molecule has 14 heavy (non-hydrogen) atoms. The van der Waals surface area contributed by atoms with Crippen LogP contribution in [0.15, 0.2) is 29.2 Å². The Balaban J connectivity index is 2.74. The van der Waals surface area contributed by atoms with Crippen LogP contribution in [0, 0.1) is 5.92 Å². The fourth-order valence-electron chi connectivity index (χ4n) is 1.21. The lowest BCUT2D eigenvalue weighted by Crippen LogP contribution is -1.96. The van der Waals surface area contributed by atoms with Crippen molar-refractivity contribution in [2.45, 2.75) is 31.8 Å². The monoisotopic (exact) mass is 210 g/mol. The van der Waals surface area contributed by atoms with E-state index in [1.54, 1.807) is 0 Å². The Hall–Kier alpha value is -0.470. The molecule has 78 valence electrons. The minimum Gasteiger partial charge on any atom is -0.389 e. The van der Waals surface area contributed by atoms with Crippen molar-refractivity contribution < 1.29 is 5.11 Å². The largest absolute Gasteiger partial charge is 0.389 e. The van der Waals surface area contributed by atoms with Crippen molar-refractivity contribution in [1.29, 1.82) is 0 Å². The molecule has 1 aromatic rings. The summed E-state index contributed by atoms with van der Waals surface area (Å²) in [5.74, 6) is 1.78. The number of aliphatic hydroxyl groups excluding tert-OH is 1. The normalized spacial score (nSPS) is 13.2. The van der Waals surface area contributed by atoms with Gasteiger partial charge in [0.05, 0.1) is 6.10 Å². The first-order valence-corrected chi connectivity index (χ1v) is 5.99. The lowest BCUT2D eigenvalue weighted by atomic mass is 10.1. The third-order valence-corrected chi connectivity index (χ3v) is 3.46. The van der Waals surface area contributed by atoms with E-state index in [0.29, 0.717) is 5.92 Å². The van der Waals surface area contributed by atoms with Crippen LogP contribution in [0.5, 0.6) is 0 Å². The summed E-state index contributed by atoms with van der Waals surface area (Å²) < 4.78 is 0. The van der Waals surface area contributed by atoms with E-state index < -0.39 is 0 Å². The molecule has 0 saturated heterocycles. The highest BCUT2D eigenvalue weighted by Crippen LogP contribution is 2.28. The van der Waals surface area contributed by atoms with Crippen LogP contribution < -0.4 is 0 Å². The van der Waals surface area contributed by atoms with E-state index in [0.717, 1.165) is 11.3 Å². The van der Waals surface area contributed by atoms with Gasteiger partial charge in [-0.05, 0) is 24.5 Å². The third-order valence-electron chi connectivity index (χ3n) is 1.94. The van der Waals surface area contributed by atoms with Crippen LogP contribution in [0.3, 0.4) is 0 Å². The zero-order valence-electron chi connectivity index (χ0n) is 9.03. The molecule has 2 heteroatoms. The highest BCUT2D eigenvalue weighted by molar-refractivity contribution is 7.99. The van der Waals surface area contributed by atoms with Crippen molar-refractivity contribution in [2.24, 2.45) is 5.92 Å². The van der Waals surface area contributed by atoms with E-state index in [2.05, 4.69) is 19.9 Å². The van der Waals surface area contributed by atoms with Crippen molar-refractivity contribution in [3.8, 4) is 0 Å². The molecule has 0 aromatic heterocycles. The Labute approximate surface area is 90.5 Å². The van der Waals surface area contributed by atoms with Crippen LogP contribution in [0.2, 0.25) is 0 Å². The predicted octanol–water partition coefficient (Wildman–Crippen LogP) is 3.49. The van der Waals surface area contributed by atoms with E-state index in [1.807, 2.05) is 36.9 Å². The molecule has 0 unspecified atom stereocenters. The molecular formula is C12H18OS. The first-order chi connectivity index (χ1) is 6.61. The molecule has 0 spiro atoms. The smallest absolute Gasteiger partial charge is 0.0772 e. The Morgan fingerprint density at radius 1 is 1.21 bits per heavy atom. The van der Waals surface area contributed by atoms with E-state index in [1.165, 1.54) is 4.90 Å². The quantitative estimate of drug-likeness (QED) is 0.768. The molecule has 0 bridgehead atoms. The van der Waals surface area contributed by atoms with Gasteiger partial charge in [-0.15, -0.1) is 11.8 Å². The van der Waals surface area contributed by atoms with Crippen molar-refractivity contribution in [3.05, 3.63) is 29.8 Å². The molecule has 1 rings (SSSR count). The van der Waals surface area contributed by atoms with Crippen LogP contribution in [-0.2, 0) is 0 Å². The lowest BCUT2D eigenvalue weighted by Gasteiger charge is -2.12. The van der Waals surface area contributed by atoms with Gasteiger partial charge in [0.25, 0.3) is 0 Å². The highest BCUT2D eigenvalue weighted by atomic mass is 32.2. The highest BCUT2D eigenvalue weighted by Gasteiger charge is 2.07. The summed E-state index contributed by atoms with van der Waals surface area (Å²) in [4.78, 5) is 1.20. The van der Waals surface area contributed by atoms with Gasteiger partial charge in [-0.3, -0.25) is 0 Å². The Bertz CT molecular complexity index is 281. The van der Waals surface area contributed by atoms with Crippen molar-refractivity contribution in [3.63, 3.8) is 0 Å². The second kappa shape index (κ2) is 5.42. The number of thioether (sulfide) groups is 1. The van der Waals surface area contributed by atoms with E-state index in [4.69, 9.17) is 0 Å². The fourth-order valence-corrected chi connectivity index (χ4v) is 2.31. The molecule has 1 nitrogen and oxygen atoms in total. The number of hydrogen-bond acceptors (Lipinski definition) is 2. The number of hydrogen-bond donors (Lipinski definition) is 1. The third kappa shape index (κ3) is 3.35. The second-order valence-electron chi connectivity index (χ2n) is 3.92. The fraction of sp³-hybridized carbons (Fsp3) is 0.500. The summed E-state index contributed by atoms with van der Waals surface area (Å²) >= 11 is 1.82. The summed E-state index contributed by atoms with van der Waals surface area (Å²) in [7, 11) is 0. The Kier molecular flexibility index (Phi) is 4.49. The molecule has 0 saturated carbocycles. The predicted molar refractivity (Wildman–Crippen MR) is 62.6 cm³/mol. The summed E-state index contributed by atoms with van der Waals surface area (Å²) in [5, 5.41) is 9.56. The number of rotatable bonds is 4. The molecule has 1 aromatic carbocycles. The maximum atomic E-state index is 9.56. The zero-order valence-corrected chi connectivity index (χ0v) is 9.84. The standard InChI is InChI=1S/C12H18OS/c1-9(2)8-14-12-7-5-4-6-11(12)10(3)13/h4-7,9-10,13H,8H2,1-3H3/t10-/m1/s1. The second-order valence-corrected chi connectivity index (χ2v) is 4.98. The van der Waals surface area contributed by atoms with Gasteiger partial charge in [0.2, 0.25) is 0 Å². The molecule has 0 aliphatic rings. The van der Waals surface area contributed by atoms with E-state index in [-0.39, 0.29) is 6.10 Å². The molecule has 1 atom stereocenters. The van der Waals surface area contributed by atoms with Gasteiger partial charge in [0.1, 0.15) is 0 Å². The Morgan fingerprint density at radius 3 is 2.43 bits per heavy atom. The van der Waals surface area contributed by atoms with E-state index in [9.17, 15) is 5.11 Å². The summed E-state index contributed by atoms with van der Waals surface area (Å²) in [6.07, 6.45) is -0.370. The minimum absolute atomic E-state index is 0.370. The lowest BCUT2D eigenvalue weighted by molar-refractivity contribution is 0.196. The van der Waals surface area contributed by atoms with Gasteiger partial charge in [-0.2, -0.15) is 0 Å². The van der Waals surface area contributed by atoms with E-state index >= 15 is 0 Å². The molecular weight excluding hydrogens is 192 g/mol. The minimum atomic E-state index is -0.370. The van der Waals surface area contributed by atoms with Gasteiger partial charge in [-0.1, -0.05) is 32.0 Å². The summed E-state index contributed by atoms with van der Waals surface area (Å²) in [6, 6.07) is 8.07. The number of aliphatic hydroxyl groups is 1. The maximum absolute atomic E-state index is 9.56. The van der Waals surface area contributed by atoms with Crippen molar-refractivity contribution in [1.82, 2.24) is 0 Å². The van der Waals surface area contributed by atoms with Gasteiger partial charge in [0, 0.05) is 10.6 Å². The molecule has 0 heterocycles. The van der Waals surface area contributed by atoms with Gasteiger partial charge >= 0.3 is 0 Å².